The smallest absolute Gasteiger partial charge is 0.331 e. The van der Waals surface area contributed by atoms with Crippen LogP contribution in [0.25, 0.3) is 6.08 Å². The van der Waals surface area contributed by atoms with E-state index < -0.39 is 42.9 Å². The monoisotopic (exact) mass is 354 g/mol. The van der Waals surface area contributed by atoms with Crippen molar-refractivity contribution in [2.24, 2.45) is 0 Å². The lowest BCUT2D eigenvalue weighted by atomic mass is 9.87. The van der Waals surface area contributed by atoms with Crippen LogP contribution in [0.1, 0.15) is 18.4 Å². The lowest BCUT2D eigenvalue weighted by Crippen LogP contribution is -2.54. The Kier molecular flexibility index (Phi) is 5.62. The second-order valence-electron chi connectivity index (χ2n) is 5.68. The van der Waals surface area contributed by atoms with E-state index in [9.17, 15) is 35.1 Å². The van der Waals surface area contributed by atoms with E-state index >= 15 is 0 Å². The number of benzene rings is 1. The largest absolute Gasteiger partial charge is 0.504 e. The summed E-state index contributed by atoms with van der Waals surface area (Å²) in [6.45, 7) is 0.000496. The van der Waals surface area contributed by atoms with Gasteiger partial charge in [-0.1, -0.05) is 6.07 Å². The van der Waals surface area contributed by atoms with Crippen molar-refractivity contribution < 1.29 is 44.6 Å². The van der Waals surface area contributed by atoms with Crippen LogP contribution in [-0.4, -0.2) is 62.1 Å². The summed E-state index contributed by atoms with van der Waals surface area (Å²) >= 11 is 0. The van der Waals surface area contributed by atoms with Gasteiger partial charge in [-0.3, -0.25) is 4.79 Å². The van der Waals surface area contributed by atoms with Crippen molar-refractivity contribution in [3.8, 4) is 11.5 Å². The Balaban J connectivity index is 2.03. The first-order valence-corrected chi connectivity index (χ1v) is 7.35. The normalized spacial score (nSPS) is 29.3. The molecule has 1 aromatic rings. The number of esters is 1. The average Bonchev–Trinajstić information content (AvgIpc) is 2.53. The van der Waals surface area contributed by atoms with Crippen molar-refractivity contribution in [3.05, 3.63) is 29.8 Å². The lowest BCUT2D eigenvalue weighted by Gasteiger charge is -2.39. The van der Waals surface area contributed by atoms with Crippen molar-refractivity contribution in [1.29, 1.82) is 0 Å². The summed E-state index contributed by atoms with van der Waals surface area (Å²) in [6.07, 6.45) is -2.72. The molecule has 0 saturated heterocycles. The number of rotatable bonds is 5. The fraction of sp³-hybridized carbons (Fsp3) is 0.375. The molecular weight excluding hydrogens is 336 g/mol. The summed E-state index contributed by atoms with van der Waals surface area (Å²) < 4.78 is 9.49. The molecule has 1 fully saturated rings. The van der Waals surface area contributed by atoms with Gasteiger partial charge in [0.25, 0.3) is 6.47 Å². The van der Waals surface area contributed by atoms with Crippen molar-refractivity contribution in [3.63, 3.8) is 0 Å². The minimum atomic E-state index is -2.04. The number of phenolic OH excluding ortho intramolecular Hbond substituents is 2. The number of carbonyl (C=O) groups excluding carboxylic acids is 2. The van der Waals surface area contributed by atoms with Crippen molar-refractivity contribution >= 4 is 18.5 Å². The SMILES string of the molecule is O=COC1(O)CC(O)C(O)C(OC(=O)/C=C/c2ccc(O)c(O)c2)C1. The van der Waals surface area contributed by atoms with E-state index in [0.29, 0.717) is 5.56 Å². The van der Waals surface area contributed by atoms with Crippen LogP contribution in [0.4, 0.5) is 0 Å². The third-order valence-electron chi connectivity index (χ3n) is 3.77. The van der Waals surface area contributed by atoms with Gasteiger partial charge in [0, 0.05) is 12.5 Å². The molecule has 1 aromatic carbocycles. The maximum atomic E-state index is 11.9. The number of ether oxygens (including phenoxy) is 2. The molecule has 2 rings (SSSR count). The van der Waals surface area contributed by atoms with Gasteiger partial charge >= 0.3 is 5.97 Å². The van der Waals surface area contributed by atoms with E-state index in [2.05, 4.69) is 4.74 Å². The zero-order chi connectivity index (χ0) is 18.6. The Morgan fingerprint density at radius 2 is 1.92 bits per heavy atom. The van der Waals surface area contributed by atoms with Crippen LogP contribution < -0.4 is 0 Å². The molecule has 9 nitrogen and oxygen atoms in total. The van der Waals surface area contributed by atoms with Gasteiger partial charge in [0.05, 0.1) is 12.5 Å². The van der Waals surface area contributed by atoms with Crippen LogP contribution in [0.2, 0.25) is 0 Å². The minimum absolute atomic E-state index is 0.000496. The van der Waals surface area contributed by atoms with E-state index in [1.165, 1.54) is 24.3 Å². The van der Waals surface area contributed by atoms with Crippen LogP contribution in [0, 0.1) is 0 Å². The Morgan fingerprint density at radius 1 is 1.20 bits per heavy atom. The van der Waals surface area contributed by atoms with Gasteiger partial charge < -0.3 is 35.0 Å². The third kappa shape index (κ3) is 4.69. The van der Waals surface area contributed by atoms with Gasteiger partial charge in [0.2, 0.25) is 5.79 Å². The quantitative estimate of drug-likeness (QED) is 0.153. The number of aromatic hydroxyl groups is 2. The van der Waals surface area contributed by atoms with Crippen molar-refractivity contribution in [2.75, 3.05) is 0 Å². The summed E-state index contributed by atoms with van der Waals surface area (Å²) in [4.78, 5) is 22.3. The summed E-state index contributed by atoms with van der Waals surface area (Å²) in [5.41, 5.74) is 0.400. The van der Waals surface area contributed by atoms with Crippen LogP contribution >= 0.6 is 0 Å². The summed E-state index contributed by atoms with van der Waals surface area (Å²) in [5.74, 6) is -3.61. The number of aliphatic hydroxyl groups is 3. The molecule has 0 aromatic heterocycles. The molecule has 0 radical (unpaired) electrons. The Morgan fingerprint density at radius 3 is 2.56 bits per heavy atom. The fourth-order valence-electron chi connectivity index (χ4n) is 2.51. The second-order valence-corrected chi connectivity index (χ2v) is 5.68. The Bertz CT molecular complexity index is 672. The maximum absolute atomic E-state index is 11.9. The molecule has 1 aliphatic rings. The predicted molar refractivity (Wildman–Crippen MR) is 82.0 cm³/mol. The number of hydrogen-bond donors (Lipinski definition) is 5. The molecule has 1 saturated carbocycles. The molecule has 1 aliphatic carbocycles. The second kappa shape index (κ2) is 7.51. The van der Waals surface area contributed by atoms with Crippen LogP contribution in [-0.2, 0) is 19.1 Å². The molecule has 136 valence electrons. The van der Waals surface area contributed by atoms with Crippen LogP contribution in [0.5, 0.6) is 11.5 Å². The zero-order valence-corrected chi connectivity index (χ0v) is 13.0. The van der Waals surface area contributed by atoms with E-state index in [4.69, 9.17) is 4.74 Å². The molecule has 0 bridgehead atoms. The van der Waals surface area contributed by atoms with E-state index in [-0.39, 0.29) is 18.0 Å². The van der Waals surface area contributed by atoms with Crippen LogP contribution in [0.3, 0.4) is 0 Å². The first-order valence-electron chi connectivity index (χ1n) is 7.35. The van der Waals surface area contributed by atoms with E-state index in [1.54, 1.807) is 0 Å². The highest BCUT2D eigenvalue weighted by Gasteiger charge is 2.47. The molecule has 4 unspecified atom stereocenters. The van der Waals surface area contributed by atoms with Gasteiger partial charge in [-0.25, -0.2) is 4.79 Å². The zero-order valence-electron chi connectivity index (χ0n) is 13.0. The molecule has 0 amide bonds. The topological polar surface area (TPSA) is 154 Å². The van der Waals surface area contributed by atoms with E-state index in [1.807, 2.05) is 0 Å². The third-order valence-corrected chi connectivity index (χ3v) is 3.77. The minimum Gasteiger partial charge on any atom is -0.504 e. The first-order chi connectivity index (χ1) is 11.7. The lowest BCUT2D eigenvalue weighted by molar-refractivity contribution is -0.254. The summed E-state index contributed by atoms with van der Waals surface area (Å²) in [5, 5.41) is 48.2. The maximum Gasteiger partial charge on any atom is 0.331 e. The highest BCUT2D eigenvalue weighted by Crippen LogP contribution is 2.31. The summed E-state index contributed by atoms with van der Waals surface area (Å²) in [7, 11) is 0. The van der Waals surface area contributed by atoms with Crippen LogP contribution in [0.15, 0.2) is 24.3 Å². The molecule has 4 atom stereocenters. The Labute approximate surface area is 142 Å². The average molecular weight is 354 g/mol. The highest BCUT2D eigenvalue weighted by atomic mass is 16.6. The highest BCUT2D eigenvalue weighted by molar-refractivity contribution is 5.87. The van der Waals surface area contributed by atoms with Gasteiger partial charge in [-0.15, -0.1) is 0 Å². The van der Waals surface area contributed by atoms with Gasteiger partial charge in [0.1, 0.15) is 12.2 Å². The fourth-order valence-corrected chi connectivity index (χ4v) is 2.51. The first kappa shape index (κ1) is 18.7. The van der Waals surface area contributed by atoms with Crippen molar-refractivity contribution in [1.82, 2.24) is 0 Å². The van der Waals surface area contributed by atoms with Gasteiger partial charge in [0.15, 0.2) is 11.5 Å². The number of hydrogen-bond acceptors (Lipinski definition) is 9. The van der Waals surface area contributed by atoms with Gasteiger partial charge in [-0.2, -0.15) is 0 Å². The summed E-state index contributed by atoms with van der Waals surface area (Å²) in [6, 6.07) is 3.89. The predicted octanol–water partition coefficient (Wildman–Crippen LogP) is -0.600. The molecular formula is C16H18O9. The molecule has 5 N–H and O–H groups in total. The van der Waals surface area contributed by atoms with Gasteiger partial charge in [-0.05, 0) is 23.8 Å². The molecule has 0 aliphatic heterocycles. The van der Waals surface area contributed by atoms with Crippen molar-refractivity contribution in [2.45, 2.75) is 36.9 Å². The number of carbonyl (C=O) groups is 2. The molecule has 9 heteroatoms. The molecule has 25 heavy (non-hydrogen) atoms. The molecule has 0 heterocycles. The number of aliphatic hydroxyl groups excluding tert-OH is 2. The number of phenols is 2. The van der Waals surface area contributed by atoms with E-state index in [0.717, 1.165) is 6.08 Å². The molecule has 0 spiro atoms. The Hall–Kier alpha value is -2.62. The standard InChI is InChI=1S/C16H18O9/c17-8-24-16(23)6-12(20)15(22)13(7-16)25-14(21)4-2-9-1-3-10(18)11(19)5-9/h1-5,8,12-13,15,18-20,22-23H,6-7H2/b4-2+.